The van der Waals surface area contributed by atoms with E-state index in [2.05, 4.69) is 15.6 Å². The van der Waals surface area contributed by atoms with Crippen LogP contribution in [0, 0.1) is 11.6 Å². The lowest BCUT2D eigenvalue weighted by Gasteiger charge is -2.09. The maximum absolute atomic E-state index is 13.0. The van der Waals surface area contributed by atoms with E-state index < -0.39 is 23.2 Å². The summed E-state index contributed by atoms with van der Waals surface area (Å²) in [5.74, 6) is -1.06. The van der Waals surface area contributed by atoms with Crippen molar-refractivity contribution in [3.8, 4) is 5.69 Å². The van der Waals surface area contributed by atoms with Gasteiger partial charge < -0.3 is 5.32 Å². The Morgan fingerprint density at radius 3 is 2.16 bits per heavy atom. The second-order valence-electron chi connectivity index (χ2n) is 5.01. The van der Waals surface area contributed by atoms with Gasteiger partial charge in [-0.1, -0.05) is 0 Å². The molecule has 0 aliphatic rings. The number of halogens is 2. The summed E-state index contributed by atoms with van der Waals surface area (Å²) in [4.78, 5) is 28.2. The van der Waals surface area contributed by atoms with E-state index in [0.29, 0.717) is 11.4 Å². The normalized spacial score (nSPS) is 10.3. The van der Waals surface area contributed by atoms with E-state index in [1.165, 1.54) is 65.5 Å². The SMILES string of the molecule is O=C(Nc1ccc(F)cc1)Nc1nccn(-c2ccc(F)cc2)c1=O. The number of urea groups is 1. The van der Waals surface area contributed by atoms with Gasteiger partial charge in [-0.2, -0.15) is 0 Å². The van der Waals surface area contributed by atoms with Crippen LogP contribution in [0.3, 0.4) is 0 Å². The molecule has 0 unspecified atom stereocenters. The minimum atomic E-state index is -0.701. The molecule has 0 atom stereocenters. The monoisotopic (exact) mass is 342 g/mol. The minimum absolute atomic E-state index is 0.202. The second-order valence-corrected chi connectivity index (χ2v) is 5.01. The van der Waals surface area contributed by atoms with Gasteiger partial charge in [-0.25, -0.2) is 18.6 Å². The molecular formula is C17H12F2N4O2. The van der Waals surface area contributed by atoms with Gasteiger partial charge >= 0.3 is 6.03 Å². The Labute approximate surface area is 140 Å². The van der Waals surface area contributed by atoms with Crippen LogP contribution in [0.2, 0.25) is 0 Å². The molecule has 3 aromatic rings. The number of nitrogens with one attached hydrogen (secondary N) is 2. The second kappa shape index (κ2) is 6.91. The first-order valence-electron chi connectivity index (χ1n) is 7.20. The predicted molar refractivity (Wildman–Crippen MR) is 88.8 cm³/mol. The Bertz CT molecular complexity index is 954. The summed E-state index contributed by atoms with van der Waals surface area (Å²) in [5.41, 5.74) is 0.202. The standard InChI is InChI=1S/C17H12F2N4O2/c18-11-1-5-13(6-2-11)21-17(25)22-15-16(24)23(10-9-20-15)14-7-3-12(19)4-8-14/h1-10H,(H2,20,21,22,25). The number of nitrogens with zero attached hydrogens (tertiary/aromatic N) is 2. The Morgan fingerprint density at radius 1 is 0.920 bits per heavy atom. The van der Waals surface area contributed by atoms with Crippen LogP contribution >= 0.6 is 0 Å². The molecule has 0 fully saturated rings. The van der Waals surface area contributed by atoms with E-state index in [1.807, 2.05) is 0 Å². The zero-order chi connectivity index (χ0) is 17.8. The lowest BCUT2D eigenvalue weighted by atomic mass is 10.3. The van der Waals surface area contributed by atoms with Crippen LogP contribution in [0.5, 0.6) is 0 Å². The van der Waals surface area contributed by atoms with Crippen LogP contribution in [0.25, 0.3) is 5.69 Å². The third-order valence-electron chi connectivity index (χ3n) is 3.28. The van der Waals surface area contributed by atoms with Gasteiger partial charge in [0.05, 0.1) is 0 Å². The average molecular weight is 342 g/mol. The molecular weight excluding hydrogens is 330 g/mol. The quantitative estimate of drug-likeness (QED) is 0.768. The number of aromatic nitrogens is 2. The number of carbonyl (C=O) groups is 1. The Kier molecular flexibility index (Phi) is 4.51. The van der Waals surface area contributed by atoms with Crippen LogP contribution in [-0.2, 0) is 0 Å². The van der Waals surface area contributed by atoms with Crippen molar-refractivity contribution in [2.24, 2.45) is 0 Å². The highest BCUT2D eigenvalue weighted by molar-refractivity contribution is 5.99. The molecule has 0 saturated carbocycles. The van der Waals surface area contributed by atoms with Crippen molar-refractivity contribution >= 4 is 17.5 Å². The molecule has 2 aromatic carbocycles. The van der Waals surface area contributed by atoms with Gasteiger partial charge in [-0.05, 0) is 48.5 Å². The third-order valence-corrected chi connectivity index (χ3v) is 3.28. The minimum Gasteiger partial charge on any atom is -0.308 e. The fourth-order valence-corrected chi connectivity index (χ4v) is 2.11. The molecule has 0 spiro atoms. The molecule has 2 amide bonds. The van der Waals surface area contributed by atoms with Crippen molar-refractivity contribution in [2.75, 3.05) is 10.6 Å². The van der Waals surface area contributed by atoms with E-state index in [1.54, 1.807) is 0 Å². The fraction of sp³-hybridized carbons (Fsp3) is 0. The predicted octanol–water partition coefficient (Wildman–Crippen LogP) is 3.15. The van der Waals surface area contributed by atoms with Crippen LogP contribution in [0.1, 0.15) is 0 Å². The van der Waals surface area contributed by atoms with Gasteiger partial charge in [0, 0.05) is 23.8 Å². The number of benzene rings is 2. The Morgan fingerprint density at radius 2 is 1.52 bits per heavy atom. The Hall–Kier alpha value is -3.55. The van der Waals surface area contributed by atoms with Crippen LogP contribution in [0.15, 0.2) is 65.7 Å². The molecule has 1 heterocycles. The van der Waals surface area contributed by atoms with Crippen LogP contribution in [0.4, 0.5) is 25.1 Å². The molecule has 8 heteroatoms. The highest BCUT2D eigenvalue weighted by Gasteiger charge is 2.10. The fourth-order valence-electron chi connectivity index (χ4n) is 2.11. The van der Waals surface area contributed by atoms with Gasteiger partial charge in [0.15, 0.2) is 0 Å². The van der Waals surface area contributed by atoms with E-state index in [-0.39, 0.29) is 5.82 Å². The number of carbonyl (C=O) groups excluding carboxylic acids is 1. The number of rotatable bonds is 3. The molecule has 1 aromatic heterocycles. The van der Waals surface area contributed by atoms with Gasteiger partial charge in [0.1, 0.15) is 11.6 Å². The van der Waals surface area contributed by atoms with E-state index in [0.717, 1.165) is 0 Å². The number of hydrogen-bond donors (Lipinski definition) is 2. The van der Waals surface area contributed by atoms with Crippen molar-refractivity contribution in [3.63, 3.8) is 0 Å². The van der Waals surface area contributed by atoms with Crippen LogP contribution < -0.4 is 16.2 Å². The van der Waals surface area contributed by atoms with Crippen molar-refractivity contribution in [3.05, 3.63) is 82.9 Å². The molecule has 126 valence electrons. The summed E-state index contributed by atoms with van der Waals surface area (Å²) >= 11 is 0. The molecule has 2 N–H and O–H groups in total. The lowest BCUT2D eigenvalue weighted by molar-refractivity contribution is 0.262. The number of hydrogen-bond acceptors (Lipinski definition) is 3. The largest absolute Gasteiger partial charge is 0.325 e. The van der Waals surface area contributed by atoms with Gasteiger partial charge in [-0.3, -0.25) is 14.7 Å². The van der Waals surface area contributed by atoms with E-state index >= 15 is 0 Å². The van der Waals surface area contributed by atoms with Gasteiger partial charge in [-0.15, -0.1) is 0 Å². The number of amides is 2. The van der Waals surface area contributed by atoms with E-state index in [4.69, 9.17) is 0 Å². The van der Waals surface area contributed by atoms with Crippen LogP contribution in [-0.4, -0.2) is 15.6 Å². The maximum atomic E-state index is 13.0. The molecule has 0 aliphatic heterocycles. The highest BCUT2D eigenvalue weighted by atomic mass is 19.1. The molecule has 6 nitrogen and oxygen atoms in total. The average Bonchev–Trinajstić information content (AvgIpc) is 2.60. The summed E-state index contributed by atoms with van der Waals surface area (Å²) in [7, 11) is 0. The summed E-state index contributed by atoms with van der Waals surface area (Å²) in [6.07, 6.45) is 2.73. The van der Waals surface area contributed by atoms with E-state index in [9.17, 15) is 18.4 Å². The van der Waals surface area contributed by atoms with Gasteiger partial charge in [0.25, 0.3) is 5.56 Å². The molecule has 25 heavy (non-hydrogen) atoms. The first-order chi connectivity index (χ1) is 12.0. The van der Waals surface area contributed by atoms with Crippen molar-refractivity contribution in [1.82, 2.24) is 9.55 Å². The zero-order valence-electron chi connectivity index (χ0n) is 12.7. The lowest BCUT2D eigenvalue weighted by Crippen LogP contribution is -2.28. The smallest absolute Gasteiger partial charge is 0.308 e. The third kappa shape index (κ3) is 3.86. The highest BCUT2D eigenvalue weighted by Crippen LogP contribution is 2.10. The first-order valence-corrected chi connectivity index (χ1v) is 7.20. The molecule has 3 rings (SSSR count). The first kappa shape index (κ1) is 16.3. The molecule has 0 aliphatic carbocycles. The van der Waals surface area contributed by atoms with Gasteiger partial charge in [0.2, 0.25) is 5.82 Å². The van der Waals surface area contributed by atoms with Crippen molar-refractivity contribution < 1.29 is 13.6 Å². The molecule has 0 radical (unpaired) electrons. The maximum Gasteiger partial charge on any atom is 0.325 e. The van der Waals surface area contributed by atoms with Crippen molar-refractivity contribution in [2.45, 2.75) is 0 Å². The Balaban J connectivity index is 1.80. The summed E-state index contributed by atoms with van der Waals surface area (Å²) in [6.45, 7) is 0. The molecule has 0 saturated heterocycles. The number of anilines is 2. The topological polar surface area (TPSA) is 76.0 Å². The summed E-state index contributed by atoms with van der Waals surface area (Å²) in [5, 5.41) is 4.79. The van der Waals surface area contributed by atoms with Crippen molar-refractivity contribution in [1.29, 1.82) is 0 Å². The molecule has 0 bridgehead atoms. The summed E-state index contributed by atoms with van der Waals surface area (Å²) in [6, 6.07) is 9.74. The summed E-state index contributed by atoms with van der Waals surface area (Å²) < 4.78 is 27.1. The zero-order valence-corrected chi connectivity index (χ0v) is 12.7.